The smallest absolute Gasteiger partial charge is 0.217 e. The summed E-state index contributed by atoms with van der Waals surface area (Å²) in [5.74, 6) is 0.105. The number of carbonyl (C=O) groups is 1. The minimum absolute atomic E-state index is 0. The van der Waals surface area contributed by atoms with Crippen LogP contribution in [0.4, 0.5) is 0 Å². The Morgan fingerprint density at radius 2 is 1.53 bits per heavy atom. The van der Waals surface area contributed by atoms with Crippen LogP contribution in [0.3, 0.4) is 0 Å². The molecule has 0 radical (unpaired) electrons. The third-order valence-electron chi connectivity index (χ3n) is 3.48. The van der Waals surface area contributed by atoms with Crippen molar-refractivity contribution in [3.05, 3.63) is 0 Å². The second-order valence-electron chi connectivity index (χ2n) is 6.63. The number of nitrogens with one attached hydrogen (secondary N) is 1. The Balaban J connectivity index is 0.00000225. The van der Waals surface area contributed by atoms with Gasteiger partial charge in [-0.05, 0) is 36.5 Å². The molecule has 0 spiro atoms. The SMILES string of the molecule is CC(=O)NC1CC(C)(C)CCC(C)(C)C1.[HH]. The molecular weight excluding hydrogens is 186 g/mol. The molecule has 2 nitrogen and oxygen atoms in total. The summed E-state index contributed by atoms with van der Waals surface area (Å²) in [7, 11) is 0. The zero-order chi connectivity index (χ0) is 11.7. The Kier molecular flexibility index (Phi) is 3.47. The molecule has 15 heavy (non-hydrogen) atoms. The van der Waals surface area contributed by atoms with Gasteiger partial charge in [0, 0.05) is 14.4 Å². The highest BCUT2D eigenvalue weighted by Crippen LogP contribution is 2.41. The Hall–Kier alpha value is -0.530. The van der Waals surface area contributed by atoms with Gasteiger partial charge in [0.05, 0.1) is 0 Å². The molecule has 0 aromatic rings. The van der Waals surface area contributed by atoms with Gasteiger partial charge in [0.2, 0.25) is 5.91 Å². The monoisotopic (exact) mass is 213 g/mol. The van der Waals surface area contributed by atoms with E-state index in [0.717, 1.165) is 12.8 Å². The van der Waals surface area contributed by atoms with Crippen LogP contribution >= 0.6 is 0 Å². The van der Waals surface area contributed by atoms with Crippen LogP contribution in [0, 0.1) is 10.8 Å². The lowest BCUT2D eigenvalue weighted by Crippen LogP contribution is -2.37. The minimum Gasteiger partial charge on any atom is -0.354 e. The predicted octanol–water partition coefficient (Wildman–Crippen LogP) is 3.36. The molecular formula is C13H27NO. The molecule has 2 heteroatoms. The van der Waals surface area contributed by atoms with E-state index in [1.165, 1.54) is 12.8 Å². The van der Waals surface area contributed by atoms with Crippen LogP contribution < -0.4 is 5.32 Å². The summed E-state index contributed by atoms with van der Waals surface area (Å²) < 4.78 is 0. The highest BCUT2D eigenvalue weighted by Gasteiger charge is 2.34. The normalized spacial score (nSPS) is 25.7. The summed E-state index contributed by atoms with van der Waals surface area (Å²) in [5.41, 5.74) is 0.724. The number of hydrogen-bond acceptors (Lipinski definition) is 1. The third-order valence-corrected chi connectivity index (χ3v) is 3.48. The molecule has 1 aliphatic rings. The molecule has 0 aromatic carbocycles. The second kappa shape index (κ2) is 4.15. The quantitative estimate of drug-likeness (QED) is 0.665. The zero-order valence-corrected chi connectivity index (χ0v) is 10.8. The molecule has 0 aliphatic heterocycles. The molecule has 0 aromatic heterocycles. The summed E-state index contributed by atoms with van der Waals surface area (Å²) in [6.45, 7) is 10.9. The van der Waals surface area contributed by atoms with Crippen molar-refractivity contribution in [1.29, 1.82) is 0 Å². The fraction of sp³-hybridized carbons (Fsp3) is 0.923. The van der Waals surface area contributed by atoms with Crippen molar-refractivity contribution >= 4 is 5.91 Å². The van der Waals surface area contributed by atoms with E-state index in [2.05, 4.69) is 33.0 Å². The van der Waals surface area contributed by atoms with Gasteiger partial charge in [-0.2, -0.15) is 0 Å². The highest BCUT2D eigenvalue weighted by molar-refractivity contribution is 5.73. The lowest BCUT2D eigenvalue weighted by atomic mass is 9.81. The summed E-state index contributed by atoms with van der Waals surface area (Å²) in [6.07, 6.45) is 4.73. The number of rotatable bonds is 1. The van der Waals surface area contributed by atoms with E-state index in [1.807, 2.05) is 0 Å². The Labute approximate surface area is 95.3 Å². The van der Waals surface area contributed by atoms with Crippen LogP contribution in [0.25, 0.3) is 0 Å². The molecule has 0 heterocycles. The first-order chi connectivity index (χ1) is 6.70. The molecule has 1 N–H and O–H groups in total. The summed E-state index contributed by atoms with van der Waals surface area (Å²) >= 11 is 0. The minimum atomic E-state index is 0. The Morgan fingerprint density at radius 1 is 1.13 bits per heavy atom. The first kappa shape index (κ1) is 12.5. The predicted molar refractivity (Wildman–Crippen MR) is 65.7 cm³/mol. The summed E-state index contributed by atoms with van der Waals surface area (Å²) in [4.78, 5) is 11.1. The van der Waals surface area contributed by atoms with Crippen molar-refractivity contribution in [1.82, 2.24) is 5.32 Å². The van der Waals surface area contributed by atoms with Crippen LogP contribution in [0.15, 0.2) is 0 Å². The van der Waals surface area contributed by atoms with E-state index in [-0.39, 0.29) is 7.33 Å². The molecule has 1 fully saturated rings. The molecule has 1 aliphatic carbocycles. The van der Waals surface area contributed by atoms with Crippen LogP contribution in [-0.4, -0.2) is 11.9 Å². The maximum atomic E-state index is 11.1. The van der Waals surface area contributed by atoms with Gasteiger partial charge in [-0.25, -0.2) is 0 Å². The van der Waals surface area contributed by atoms with E-state index in [0.29, 0.717) is 16.9 Å². The Morgan fingerprint density at radius 3 is 1.87 bits per heavy atom. The molecule has 0 saturated heterocycles. The maximum Gasteiger partial charge on any atom is 0.217 e. The van der Waals surface area contributed by atoms with E-state index in [1.54, 1.807) is 6.92 Å². The first-order valence-corrected chi connectivity index (χ1v) is 5.97. The van der Waals surface area contributed by atoms with Crippen molar-refractivity contribution < 1.29 is 6.22 Å². The van der Waals surface area contributed by atoms with Crippen molar-refractivity contribution in [3.8, 4) is 0 Å². The van der Waals surface area contributed by atoms with Crippen LogP contribution in [0.1, 0.15) is 61.7 Å². The molecule has 0 unspecified atom stereocenters. The molecule has 90 valence electrons. The number of hydrogen-bond donors (Lipinski definition) is 1. The van der Waals surface area contributed by atoms with E-state index < -0.39 is 0 Å². The van der Waals surface area contributed by atoms with E-state index >= 15 is 0 Å². The van der Waals surface area contributed by atoms with Gasteiger partial charge in [-0.3, -0.25) is 4.79 Å². The van der Waals surface area contributed by atoms with Gasteiger partial charge in [-0.15, -0.1) is 0 Å². The van der Waals surface area contributed by atoms with Gasteiger partial charge in [0.25, 0.3) is 0 Å². The van der Waals surface area contributed by atoms with E-state index in [4.69, 9.17) is 0 Å². The Bertz CT molecular complexity index is 230. The van der Waals surface area contributed by atoms with Crippen molar-refractivity contribution in [2.75, 3.05) is 0 Å². The summed E-state index contributed by atoms with van der Waals surface area (Å²) in [5, 5.41) is 3.09. The zero-order valence-electron chi connectivity index (χ0n) is 10.8. The topological polar surface area (TPSA) is 29.1 Å². The van der Waals surface area contributed by atoms with Gasteiger partial charge in [-0.1, -0.05) is 27.7 Å². The molecule has 1 saturated carbocycles. The largest absolute Gasteiger partial charge is 0.354 e. The molecule has 0 bridgehead atoms. The van der Waals surface area contributed by atoms with Crippen molar-refractivity contribution in [2.45, 2.75) is 66.3 Å². The average Bonchev–Trinajstić information content (AvgIpc) is 2.06. The molecule has 1 rings (SSSR count). The lowest BCUT2D eigenvalue weighted by molar-refractivity contribution is -0.119. The van der Waals surface area contributed by atoms with Crippen LogP contribution in [0.2, 0.25) is 0 Å². The fourth-order valence-electron chi connectivity index (χ4n) is 2.68. The molecule has 1 amide bonds. The number of amides is 1. The first-order valence-electron chi connectivity index (χ1n) is 5.97. The van der Waals surface area contributed by atoms with Crippen molar-refractivity contribution in [3.63, 3.8) is 0 Å². The maximum absolute atomic E-state index is 11.1. The van der Waals surface area contributed by atoms with Gasteiger partial charge >= 0.3 is 0 Å². The van der Waals surface area contributed by atoms with Crippen LogP contribution in [0.5, 0.6) is 0 Å². The highest BCUT2D eigenvalue weighted by atomic mass is 16.1. The average molecular weight is 213 g/mol. The summed E-state index contributed by atoms with van der Waals surface area (Å²) in [6, 6.07) is 0.356. The second-order valence-corrected chi connectivity index (χ2v) is 6.63. The van der Waals surface area contributed by atoms with E-state index in [9.17, 15) is 4.79 Å². The lowest BCUT2D eigenvalue weighted by Gasteiger charge is -2.27. The van der Waals surface area contributed by atoms with Gasteiger partial charge in [0.15, 0.2) is 0 Å². The van der Waals surface area contributed by atoms with Crippen molar-refractivity contribution in [2.24, 2.45) is 10.8 Å². The van der Waals surface area contributed by atoms with Gasteiger partial charge in [0.1, 0.15) is 0 Å². The number of carbonyl (C=O) groups excluding carboxylic acids is 1. The molecule has 0 atom stereocenters. The van der Waals surface area contributed by atoms with Crippen LogP contribution in [-0.2, 0) is 4.79 Å². The van der Waals surface area contributed by atoms with Gasteiger partial charge < -0.3 is 5.32 Å². The fourth-order valence-corrected chi connectivity index (χ4v) is 2.68. The third kappa shape index (κ3) is 4.23. The standard InChI is InChI=1S/C13H25NO.H2/c1-10(15)14-11-8-12(2,3)6-7-13(4,5)9-11;/h11H,6-9H2,1-5H3,(H,14,15);1H.